The highest BCUT2D eigenvalue weighted by Crippen LogP contribution is 2.16. The molecule has 2 heteroatoms. The standard InChI is InChI=1S/C15H24N2/c1-12-9-13(2)15(14(3)10-12)11-16-17-7-5-4-6-8-17/h9-10,16H,4-8,11H2,1-3H3. The molecule has 0 amide bonds. The molecule has 0 bridgehead atoms. The van der Waals surface area contributed by atoms with Crippen LogP contribution in [0.25, 0.3) is 0 Å². The van der Waals surface area contributed by atoms with Gasteiger partial charge in [0.2, 0.25) is 0 Å². The lowest BCUT2D eigenvalue weighted by molar-refractivity contribution is 0.151. The molecule has 2 nitrogen and oxygen atoms in total. The van der Waals surface area contributed by atoms with E-state index in [2.05, 4.69) is 43.3 Å². The van der Waals surface area contributed by atoms with Crippen LogP contribution in [0.1, 0.15) is 41.5 Å². The molecule has 0 saturated carbocycles. The number of nitrogens with one attached hydrogen (secondary N) is 1. The lowest BCUT2D eigenvalue weighted by Crippen LogP contribution is -2.41. The van der Waals surface area contributed by atoms with Crippen molar-refractivity contribution in [2.24, 2.45) is 0 Å². The number of hydrogen-bond acceptors (Lipinski definition) is 2. The number of hydrogen-bond donors (Lipinski definition) is 1. The molecular weight excluding hydrogens is 208 g/mol. The summed E-state index contributed by atoms with van der Waals surface area (Å²) in [5, 5.41) is 2.38. The minimum absolute atomic E-state index is 0.970. The van der Waals surface area contributed by atoms with Crippen LogP contribution in [-0.2, 0) is 6.54 Å². The molecule has 94 valence electrons. The highest BCUT2D eigenvalue weighted by atomic mass is 15.5. The second-order valence-electron chi connectivity index (χ2n) is 5.26. The summed E-state index contributed by atoms with van der Waals surface area (Å²) in [4.78, 5) is 0. The van der Waals surface area contributed by atoms with E-state index < -0.39 is 0 Å². The molecule has 17 heavy (non-hydrogen) atoms. The third-order valence-corrected chi connectivity index (χ3v) is 3.68. The molecule has 1 N–H and O–H groups in total. The van der Waals surface area contributed by atoms with E-state index in [9.17, 15) is 0 Å². The summed E-state index contributed by atoms with van der Waals surface area (Å²) in [5.74, 6) is 0. The molecule has 1 aromatic rings. The average Bonchev–Trinajstić information content (AvgIpc) is 2.29. The number of nitrogens with zero attached hydrogens (tertiary/aromatic N) is 1. The molecule has 1 aliphatic rings. The number of piperidine rings is 1. The highest BCUT2D eigenvalue weighted by molar-refractivity contribution is 5.37. The largest absolute Gasteiger partial charge is 0.251 e. The molecular formula is C15H24N2. The van der Waals surface area contributed by atoms with Gasteiger partial charge in [0.1, 0.15) is 0 Å². The Morgan fingerprint density at radius 3 is 2.18 bits per heavy atom. The molecule has 2 rings (SSSR count). The van der Waals surface area contributed by atoms with E-state index in [1.807, 2.05) is 0 Å². The lowest BCUT2D eigenvalue weighted by Gasteiger charge is -2.27. The number of benzene rings is 1. The van der Waals surface area contributed by atoms with Crippen LogP contribution in [0.5, 0.6) is 0 Å². The van der Waals surface area contributed by atoms with Crippen molar-refractivity contribution in [3.05, 3.63) is 34.4 Å². The van der Waals surface area contributed by atoms with Gasteiger partial charge >= 0.3 is 0 Å². The predicted octanol–water partition coefficient (Wildman–Crippen LogP) is 3.10. The van der Waals surface area contributed by atoms with Crippen molar-refractivity contribution in [3.8, 4) is 0 Å². The zero-order valence-corrected chi connectivity index (χ0v) is 11.3. The molecule has 0 aromatic heterocycles. The lowest BCUT2D eigenvalue weighted by atomic mass is 10.00. The third kappa shape index (κ3) is 3.30. The Morgan fingerprint density at radius 1 is 1.00 bits per heavy atom. The number of rotatable bonds is 3. The van der Waals surface area contributed by atoms with Crippen LogP contribution in [0.15, 0.2) is 12.1 Å². The minimum atomic E-state index is 0.970. The molecule has 0 aliphatic carbocycles. The van der Waals surface area contributed by atoms with Gasteiger partial charge in [-0.2, -0.15) is 0 Å². The summed E-state index contributed by atoms with van der Waals surface area (Å²) in [5.41, 5.74) is 9.21. The van der Waals surface area contributed by atoms with Gasteiger partial charge in [-0.05, 0) is 50.3 Å². The van der Waals surface area contributed by atoms with E-state index in [0.29, 0.717) is 0 Å². The third-order valence-electron chi connectivity index (χ3n) is 3.68. The molecule has 1 fully saturated rings. The molecule has 0 spiro atoms. The maximum absolute atomic E-state index is 3.57. The first-order valence-corrected chi connectivity index (χ1v) is 6.72. The van der Waals surface area contributed by atoms with Gasteiger partial charge in [0.15, 0.2) is 0 Å². The topological polar surface area (TPSA) is 15.3 Å². The zero-order valence-electron chi connectivity index (χ0n) is 11.3. The van der Waals surface area contributed by atoms with E-state index in [0.717, 1.165) is 6.54 Å². The molecule has 1 heterocycles. The quantitative estimate of drug-likeness (QED) is 0.861. The maximum Gasteiger partial charge on any atom is 0.0358 e. The van der Waals surface area contributed by atoms with Crippen LogP contribution in [0.3, 0.4) is 0 Å². The summed E-state index contributed by atoms with van der Waals surface area (Å²) in [6.45, 7) is 9.97. The van der Waals surface area contributed by atoms with Gasteiger partial charge in [0, 0.05) is 19.6 Å². The van der Waals surface area contributed by atoms with E-state index in [1.54, 1.807) is 0 Å². The minimum Gasteiger partial charge on any atom is -0.251 e. The van der Waals surface area contributed by atoms with Gasteiger partial charge < -0.3 is 0 Å². The van der Waals surface area contributed by atoms with E-state index in [-0.39, 0.29) is 0 Å². The van der Waals surface area contributed by atoms with Gasteiger partial charge in [0.25, 0.3) is 0 Å². The Kier molecular flexibility index (Phi) is 4.19. The fraction of sp³-hybridized carbons (Fsp3) is 0.600. The summed E-state index contributed by atoms with van der Waals surface area (Å²) < 4.78 is 0. The predicted molar refractivity (Wildman–Crippen MR) is 72.9 cm³/mol. The first-order chi connectivity index (χ1) is 8.16. The van der Waals surface area contributed by atoms with Gasteiger partial charge in [-0.25, -0.2) is 5.01 Å². The monoisotopic (exact) mass is 232 g/mol. The van der Waals surface area contributed by atoms with Crippen molar-refractivity contribution in [1.29, 1.82) is 0 Å². The number of aryl methyl sites for hydroxylation is 3. The summed E-state index contributed by atoms with van der Waals surface area (Å²) in [7, 11) is 0. The Bertz CT molecular complexity index is 356. The van der Waals surface area contributed by atoms with Crippen LogP contribution in [-0.4, -0.2) is 18.1 Å². The van der Waals surface area contributed by atoms with Gasteiger partial charge in [-0.3, -0.25) is 5.43 Å². The summed E-state index contributed by atoms with van der Waals surface area (Å²) in [6, 6.07) is 4.56. The molecule has 0 unspecified atom stereocenters. The van der Waals surface area contributed by atoms with Crippen LogP contribution in [0.4, 0.5) is 0 Å². The fourth-order valence-electron chi connectivity index (χ4n) is 2.73. The highest BCUT2D eigenvalue weighted by Gasteiger charge is 2.10. The van der Waals surface area contributed by atoms with Crippen LogP contribution < -0.4 is 5.43 Å². The molecule has 1 aliphatic heterocycles. The number of hydrazine groups is 1. The van der Waals surface area contributed by atoms with Crippen molar-refractivity contribution in [2.75, 3.05) is 13.1 Å². The van der Waals surface area contributed by atoms with Crippen molar-refractivity contribution in [2.45, 2.75) is 46.6 Å². The first-order valence-electron chi connectivity index (χ1n) is 6.72. The normalized spacial score (nSPS) is 17.4. The van der Waals surface area contributed by atoms with Gasteiger partial charge in [-0.15, -0.1) is 0 Å². The van der Waals surface area contributed by atoms with Crippen LogP contribution >= 0.6 is 0 Å². The zero-order chi connectivity index (χ0) is 12.3. The van der Waals surface area contributed by atoms with Gasteiger partial charge in [-0.1, -0.05) is 24.1 Å². The first kappa shape index (κ1) is 12.6. The van der Waals surface area contributed by atoms with Crippen molar-refractivity contribution >= 4 is 0 Å². The fourth-order valence-corrected chi connectivity index (χ4v) is 2.73. The van der Waals surface area contributed by atoms with E-state index in [1.165, 1.54) is 54.6 Å². The van der Waals surface area contributed by atoms with Crippen LogP contribution in [0.2, 0.25) is 0 Å². The molecule has 1 saturated heterocycles. The van der Waals surface area contributed by atoms with Crippen molar-refractivity contribution in [1.82, 2.24) is 10.4 Å². The van der Waals surface area contributed by atoms with Crippen LogP contribution in [0, 0.1) is 20.8 Å². The smallest absolute Gasteiger partial charge is 0.0358 e. The SMILES string of the molecule is Cc1cc(C)c(CNN2CCCCC2)c(C)c1. The second kappa shape index (κ2) is 5.65. The summed E-state index contributed by atoms with van der Waals surface area (Å²) >= 11 is 0. The Morgan fingerprint density at radius 2 is 1.59 bits per heavy atom. The van der Waals surface area contributed by atoms with E-state index >= 15 is 0 Å². The molecule has 0 radical (unpaired) electrons. The van der Waals surface area contributed by atoms with Gasteiger partial charge in [0.05, 0.1) is 0 Å². The van der Waals surface area contributed by atoms with Crippen molar-refractivity contribution in [3.63, 3.8) is 0 Å². The maximum atomic E-state index is 3.57. The van der Waals surface area contributed by atoms with E-state index in [4.69, 9.17) is 0 Å². The Labute approximate surface area is 105 Å². The Hall–Kier alpha value is -0.860. The molecule has 0 atom stereocenters. The average molecular weight is 232 g/mol. The second-order valence-corrected chi connectivity index (χ2v) is 5.26. The molecule has 1 aromatic carbocycles. The Balaban J connectivity index is 1.98. The summed E-state index contributed by atoms with van der Waals surface area (Å²) in [6.07, 6.45) is 4.05. The van der Waals surface area contributed by atoms with Crippen molar-refractivity contribution < 1.29 is 0 Å².